The van der Waals surface area contributed by atoms with Gasteiger partial charge < -0.3 is 10.0 Å². The molecule has 0 bridgehead atoms. The maximum absolute atomic E-state index is 12.5. The summed E-state index contributed by atoms with van der Waals surface area (Å²) in [6, 6.07) is 6.49. The molecular formula is C17H21NO4. The summed E-state index contributed by atoms with van der Waals surface area (Å²) in [6.45, 7) is 5.90. The van der Waals surface area contributed by atoms with E-state index in [0.717, 1.165) is 0 Å². The smallest absolute Gasteiger partial charge is 0.311 e. The summed E-state index contributed by atoms with van der Waals surface area (Å²) in [7, 11) is 0. The molecule has 1 aromatic rings. The fourth-order valence-corrected chi connectivity index (χ4v) is 2.93. The average Bonchev–Trinajstić information content (AvgIpc) is 2.93. The van der Waals surface area contributed by atoms with Crippen molar-refractivity contribution in [2.45, 2.75) is 27.2 Å². The lowest BCUT2D eigenvalue weighted by atomic mass is 9.76. The van der Waals surface area contributed by atoms with Crippen molar-refractivity contribution in [3.8, 4) is 0 Å². The Morgan fingerprint density at radius 1 is 1.14 bits per heavy atom. The topological polar surface area (TPSA) is 74.7 Å². The largest absolute Gasteiger partial charge is 0.481 e. The average molecular weight is 303 g/mol. The lowest BCUT2D eigenvalue weighted by molar-refractivity contribution is -0.150. The number of nitrogens with zero attached hydrogens (tertiary/aromatic N) is 1. The van der Waals surface area contributed by atoms with Gasteiger partial charge in [-0.3, -0.25) is 14.4 Å². The quantitative estimate of drug-likeness (QED) is 0.867. The van der Waals surface area contributed by atoms with Gasteiger partial charge in [0.25, 0.3) is 5.91 Å². The highest BCUT2D eigenvalue weighted by atomic mass is 16.4. The van der Waals surface area contributed by atoms with E-state index in [1.54, 1.807) is 29.2 Å². The van der Waals surface area contributed by atoms with Gasteiger partial charge in [0.2, 0.25) is 0 Å². The fourth-order valence-electron chi connectivity index (χ4n) is 2.93. The molecule has 5 heteroatoms. The number of likely N-dealkylation sites (tertiary alicyclic amines) is 1. The zero-order chi connectivity index (χ0) is 16.5. The zero-order valence-electron chi connectivity index (χ0n) is 13.1. The number of carboxylic acids is 1. The van der Waals surface area contributed by atoms with E-state index >= 15 is 0 Å². The van der Waals surface area contributed by atoms with Crippen LogP contribution in [-0.4, -0.2) is 40.8 Å². The van der Waals surface area contributed by atoms with Crippen molar-refractivity contribution in [3.05, 3.63) is 35.4 Å². The van der Waals surface area contributed by atoms with Crippen molar-refractivity contribution in [1.29, 1.82) is 0 Å². The van der Waals surface area contributed by atoms with Crippen LogP contribution in [0.2, 0.25) is 0 Å². The standard InChI is InChI=1S/C17H21NO4/c1-11(2)17(16(21)22)8-9-18(10-17)15(20)14-6-4-13(5-7-14)12(3)19/h4-7,11H,8-10H2,1-3H3,(H,21,22). The molecule has 0 spiro atoms. The number of hydrogen-bond acceptors (Lipinski definition) is 3. The Morgan fingerprint density at radius 2 is 1.68 bits per heavy atom. The van der Waals surface area contributed by atoms with E-state index < -0.39 is 11.4 Å². The Balaban J connectivity index is 2.18. The van der Waals surface area contributed by atoms with Crippen LogP contribution in [0.1, 0.15) is 47.9 Å². The first-order valence-corrected chi connectivity index (χ1v) is 7.41. The second-order valence-corrected chi connectivity index (χ2v) is 6.23. The van der Waals surface area contributed by atoms with Gasteiger partial charge in [0.05, 0.1) is 5.41 Å². The van der Waals surface area contributed by atoms with Crippen molar-refractivity contribution in [2.75, 3.05) is 13.1 Å². The van der Waals surface area contributed by atoms with Gasteiger partial charge in [-0.05, 0) is 31.4 Å². The molecule has 22 heavy (non-hydrogen) atoms. The Hall–Kier alpha value is -2.17. The lowest BCUT2D eigenvalue weighted by Gasteiger charge is -2.28. The molecule has 2 rings (SSSR count). The van der Waals surface area contributed by atoms with Gasteiger partial charge in [0.15, 0.2) is 5.78 Å². The molecule has 1 heterocycles. The summed E-state index contributed by atoms with van der Waals surface area (Å²) in [5.41, 5.74) is 0.171. The summed E-state index contributed by atoms with van der Waals surface area (Å²) in [5.74, 6) is -1.11. The molecule has 1 saturated heterocycles. The number of amides is 1. The number of carbonyl (C=O) groups excluding carboxylic acids is 2. The lowest BCUT2D eigenvalue weighted by Crippen LogP contribution is -2.40. The van der Waals surface area contributed by atoms with Crippen LogP contribution in [0.5, 0.6) is 0 Å². The third-order valence-electron chi connectivity index (χ3n) is 4.66. The maximum atomic E-state index is 12.5. The number of benzene rings is 1. The van der Waals surface area contributed by atoms with Crippen LogP contribution in [0.25, 0.3) is 0 Å². The molecule has 1 atom stereocenters. The van der Waals surface area contributed by atoms with Crippen LogP contribution >= 0.6 is 0 Å². The number of carbonyl (C=O) groups is 3. The minimum Gasteiger partial charge on any atom is -0.481 e. The Kier molecular flexibility index (Phi) is 4.35. The number of hydrogen-bond donors (Lipinski definition) is 1. The van der Waals surface area contributed by atoms with Crippen LogP contribution in [0, 0.1) is 11.3 Å². The molecule has 0 saturated carbocycles. The van der Waals surface area contributed by atoms with E-state index in [2.05, 4.69) is 0 Å². The minimum absolute atomic E-state index is 0.0390. The Labute approximate surface area is 129 Å². The van der Waals surface area contributed by atoms with Gasteiger partial charge in [-0.2, -0.15) is 0 Å². The molecule has 1 amide bonds. The van der Waals surface area contributed by atoms with Crippen molar-refractivity contribution in [3.63, 3.8) is 0 Å². The summed E-state index contributed by atoms with van der Waals surface area (Å²) >= 11 is 0. The summed E-state index contributed by atoms with van der Waals surface area (Å²) in [4.78, 5) is 37.0. The highest BCUT2D eigenvalue weighted by Crippen LogP contribution is 2.38. The first-order valence-electron chi connectivity index (χ1n) is 7.41. The monoisotopic (exact) mass is 303 g/mol. The molecule has 118 valence electrons. The molecule has 1 unspecified atom stereocenters. The van der Waals surface area contributed by atoms with E-state index in [-0.39, 0.29) is 24.2 Å². The molecule has 1 aliphatic rings. The predicted octanol–water partition coefficient (Wildman–Crippen LogP) is 2.46. The molecule has 0 aromatic heterocycles. The number of carboxylic acid groups (broad SMARTS) is 1. The second-order valence-electron chi connectivity index (χ2n) is 6.23. The molecule has 0 aliphatic carbocycles. The molecule has 1 fully saturated rings. The van der Waals surface area contributed by atoms with Crippen molar-refractivity contribution >= 4 is 17.7 Å². The van der Waals surface area contributed by atoms with E-state index in [0.29, 0.717) is 24.1 Å². The van der Waals surface area contributed by atoms with Crippen LogP contribution in [0.3, 0.4) is 0 Å². The molecule has 5 nitrogen and oxygen atoms in total. The Morgan fingerprint density at radius 3 is 2.09 bits per heavy atom. The van der Waals surface area contributed by atoms with E-state index in [4.69, 9.17) is 0 Å². The van der Waals surface area contributed by atoms with Crippen LogP contribution in [0.4, 0.5) is 0 Å². The van der Waals surface area contributed by atoms with Gasteiger partial charge in [0.1, 0.15) is 0 Å². The van der Waals surface area contributed by atoms with Gasteiger partial charge in [-0.25, -0.2) is 0 Å². The molecule has 1 N–H and O–H groups in total. The van der Waals surface area contributed by atoms with Crippen LogP contribution in [0.15, 0.2) is 24.3 Å². The summed E-state index contributed by atoms with van der Waals surface area (Å²) in [5, 5.41) is 9.53. The van der Waals surface area contributed by atoms with E-state index in [1.165, 1.54) is 6.92 Å². The maximum Gasteiger partial charge on any atom is 0.311 e. The number of aliphatic carboxylic acids is 1. The minimum atomic E-state index is -0.866. The van der Waals surface area contributed by atoms with Crippen molar-refractivity contribution in [2.24, 2.45) is 11.3 Å². The molecule has 1 aliphatic heterocycles. The van der Waals surface area contributed by atoms with Gasteiger partial charge in [-0.15, -0.1) is 0 Å². The van der Waals surface area contributed by atoms with E-state index in [1.807, 2.05) is 13.8 Å². The first kappa shape index (κ1) is 16.2. The Bertz CT molecular complexity index is 606. The summed E-state index contributed by atoms with van der Waals surface area (Å²) in [6.07, 6.45) is 0.470. The van der Waals surface area contributed by atoms with Gasteiger partial charge >= 0.3 is 5.97 Å². The molecule has 1 aromatic carbocycles. The number of ketones is 1. The van der Waals surface area contributed by atoms with Crippen LogP contribution < -0.4 is 0 Å². The fraction of sp³-hybridized carbons (Fsp3) is 0.471. The van der Waals surface area contributed by atoms with Gasteiger partial charge in [-0.1, -0.05) is 26.0 Å². The van der Waals surface area contributed by atoms with Crippen molar-refractivity contribution < 1.29 is 19.5 Å². The molecular weight excluding hydrogens is 282 g/mol. The second kappa shape index (κ2) is 5.91. The third kappa shape index (κ3) is 2.75. The normalized spacial score (nSPS) is 21.2. The molecule has 0 radical (unpaired) electrons. The third-order valence-corrected chi connectivity index (χ3v) is 4.66. The SMILES string of the molecule is CC(=O)c1ccc(C(=O)N2CCC(C(=O)O)(C(C)C)C2)cc1. The first-order chi connectivity index (χ1) is 10.3. The number of Topliss-reactive ketones (excluding diaryl/α,β-unsaturated/α-hetero) is 1. The highest BCUT2D eigenvalue weighted by molar-refractivity contribution is 5.98. The summed E-state index contributed by atoms with van der Waals surface area (Å²) < 4.78 is 0. The highest BCUT2D eigenvalue weighted by Gasteiger charge is 2.48. The van der Waals surface area contributed by atoms with Gasteiger partial charge in [0, 0.05) is 24.2 Å². The zero-order valence-corrected chi connectivity index (χ0v) is 13.1. The number of rotatable bonds is 4. The van der Waals surface area contributed by atoms with E-state index in [9.17, 15) is 19.5 Å². The van der Waals surface area contributed by atoms with Crippen LogP contribution in [-0.2, 0) is 4.79 Å². The predicted molar refractivity (Wildman–Crippen MR) is 81.9 cm³/mol. The van der Waals surface area contributed by atoms with Crippen molar-refractivity contribution in [1.82, 2.24) is 4.90 Å².